The van der Waals surface area contributed by atoms with Gasteiger partial charge in [0.05, 0.1) is 37.6 Å². The number of allylic oxidation sites excluding steroid dienone is 1. The maximum atomic E-state index is 14.1. The summed E-state index contributed by atoms with van der Waals surface area (Å²) in [5.41, 5.74) is 3.29. The van der Waals surface area contributed by atoms with Crippen molar-refractivity contribution in [1.29, 1.82) is 5.26 Å². The van der Waals surface area contributed by atoms with Crippen LogP contribution in [0.2, 0.25) is 5.02 Å². The summed E-state index contributed by atoms with van der Waals surface area (Å²) in [6.45, 7) is 3.95. The Kier molecular flexibility index (Phi) is 9.51. The van der Waals surface area contributed by atoms with Crippen molar-refractivity contribution in [3.05, 3.63) is 126 Å². The Balaban J connectivity index is 1.64. The van der Waals surface area contributed by atoms with Gasteiger partial charge >= 0.3 is 5.97 Å². The number of fused-ring (bicyclic) bond motifs is 1. The lowest BCUT2D eigenvalue weighted by Crippen LogP contribution is -2.40. The highest BCUT2D eigenvalue weighted by atomic mass is 127. The lowest BCUT2D eigenvalue weighted by atomic mass is 9.96. The number of benzene rings is 3. The molecule has 1 aliphatic rings. The smallest absolute Gasteiger partial charge is 0.338 e. The summed E-state index contributed by atoms with van der Waals surface area (Å²) in [7, 11) is 0. The molecule has 1 aromatic heterocycles. The summed E-state index contributed by atoms with van der Waals surface area (Å²) in [6, 6.07) is 19.6. The lowest BCUT2D eigenvalue weighted by molar-refractivity contribution is -0.139. The number of carbonyl (C=O) groups excluding carboxylic acids is 1. The van der Waals surface area contributed by atoms with Crippen molar-refractivity contribution in [3.63, 3.8) is 0 Å². The minimum atomic E-state index is -0.792. The van der Waals surface area contributed by atoms with E-state index in [1.54, 1.807) is 50.3 Å². The molecule has 0 bridgehead atoms. The number of esters is 1. The van der Waals surface area contributed by atoms with Gasteiger partial charge in [-0.1, -0.05) is 53.3 Å². The van der Waals surface area contributed by atoms with Crippen LogP contribution in [0.1, 0.15) is 42.1 Å². The molecular formula is C31H22ClI2N3O4S. The molecule has 2 heterocycles. The first-order valence-electron chi connectivity index (χ1n) is 12.8. The van der Waals surface area contributed by atoms with E-state index >= 15 is 0 Å². The molecule has 1 aliphatic heterocycles. The standard InChI is InChI=1S/C31H22ClI2N3O4S/c1-3-40-30(39)26-17(2)36-31-37(27(26)22-6-4-5-7-23(22)32)29(38)25(42-31)13-20-12-21(33)14-24(34)28(20)41-16-19-10-8-18(15-35)9-11-19/h4-14,27H,3,16H2,1-2H3/b25-13-/t27-/m0/s1. The van der Waals surface area contributed by atoms with Crippen LogP contribution in [0.25, 0.3) is 6.08 Å². The average Bonchev–Trinajstić information content (AvgIpc) is 3.26. The van der Waals surface area contributed by atoms with Crippen molar-refractivity contribution in [2.24, 2.45) is 4.99 Å². The van der Waals surface area contributed by atoms with Crippen molar-refractivity contribution in [2.45, 2.75) is 26.5 Å². The van der Waals surface area contributed by atoms with E-state index < -0.39 is 12.0 Å². The number of hydrogen-bond acceptors (Lipinski definition) is 7. The van der Waals surface area contributed by atoms with Gasteiger partial charge in [-0.25, -0.2) is 9.79 Å². The molecule has 0 saturated carbocycles. The Morgan fingerprint density at radius 2 is 1.93 bits per heavy atom. The molecule has 0 radical (unpaired) electrons. The van der Waals surface area contributed by atoms with Crippen molar-refractivity contribution in [3.8, 4) is 11.8 Å². The fourth-order valence-corrected chi connectivity index (χ4v) is 7.92. The Morgan fingerprint density at radius 3 is 2.62 bits per heavy atom. The van der Waals surface area contributed by atoms with E-state index in [0.29, 0.717) is 43.5 Å². The van der Waals surface area contributed by atoms with E-state index in [2.05, 4.69) is 56.2 Å². The van der Waals surface area contributed by atoms with E-state index in [9.17, 15) is 9.59 Å². The molecule has 0 saturated heterocycles. The van der Waals surface area contributed by atoms with Crippen molar-refractivity contribution in [1.82, 2.24) is 4.57 Å². The van der Waals surface area contributed by atoms with Crippen LogP contribution in [-0.2, 0) is 16.1 Å². The van der Waals surface area contributed by atoms with E-state index in [4.69, 9.17) is 26.3 Å². The minimum absolute atomic E-state index is 0.186. The number of carbonyl (C=O) groups is 1. The van der Waals surface area contributed by atoms with Crippen LogP contribution in [0, 0.1) is 18.5 Å². The normalized spacial score (nSPS) is 14.7. The number of thiazole rings is 1. The van der Waals surface area contributed by atoms with Crippen LogP contribution in [0.3, 0.4) is 0 Å². The quantitative estimate of drug-likeness (QED) is 0.166. The monoisotopic (exact) mass is 821 g/mol. The van der Waals surface area contributed by atoms with Gasteiger partial charge in [0.2, 0.25) is 0 Å². The van der Waals surface area contributed by atoms with E-state index in [1.807, 2.05) is 30.3 Å². The summed E-state index contributed by atoms with van der Waals surface area (Å²) in [6.07, 6.45) is 1.80. The number of aromatic nitrogens is 1. The van der Waals surface area contributed by atoms with Gasteiger partial charge in [-0.3, -0.25) is 9.36 Å². The van der Waals surface area contributed by atoms with Crippen LogP contribution >= 0.6 is 68.1 Å². The van der Waals surface area contributed by atoms with Crippen LogP contribution in [-0.4, -0.2) is 17.1 Å². The number of hydrogen-bond donors (Lipinski definition) is 0. The van der Waals surface area contributed by atoms with Gasteiger partial charge in [0, 0.05) is 14.2 Å². The van der Waals surface area contributed by atoms with Crippen LogP contribution in [0.4, 0.5) is 0 Å². The predicted octanol–water partition coefficient (Wildman–Crippen LogP) is 6.11. The van der Waals surface area contributed by atoms with E-state index in [-0.39, 0.29) is 17.7 Å². The van der Waals surface area contributed by atoms with Crippen LogP contribution in [0.5, 0.6) is 5.75 Å². The molecule has 0 fully saturated rings. The molecule has 3 aromatic carbocycles. The van der Waals surface area contributed by atoms with E-state index in [1.165, 1.54) is 15.9 Å². The molecule has 11 heteroatoms. The summed E-state index contributed by atoms with van der Waals surface area (Å²) in [5.74, 6) is 0.0980. The van der Waals surface area contributed by atoms with Crippen molar-refractivity contribution >= 4 is 80.2 Å². The Morgan fingerprint density at radius 1 is 1.19 bits per heavy atom. The summed E-state index contributed by atoms with van der Waals surface area (Å²) < 4.78 is 15.4. The number of nitrogens with zero attached hydrogens (tertiary/aromatic N) is 3. The molecule has 0 aliphatic carbocycles. The Hall–Kier alpha value is -2.99. The predicted molar refractivity (Wildman–Crippen MR) is 179 cm³/mol. The fraction of sp³-hybridized carbons (Fsp3) is 0.161. The highest BCUT2D eigenvalue weighted by molar-refractivity contribution is 14.1. The molecule has 4 aromatic rings. The zero-order valence-corrected chi connectivity index (χ0v) is 28.2. The summed E-state index contributed by atoms with van der Waals surface area (Å²) in [4.78, 5) is 32.3. The second kappa shape index (κ2) is 13.1. The molecule has 0 spiro atoms. The second-order valence-corrected chi connectivity index (χ2v) is 13.1. The van der Waals surface area contributed by atoms with Gasteiger partial charge in [0.1, 0.15) is 18.4 Å². The van der Waals surface area contributed by atoms with Crippen LogP contribution < -0.4 is 19.6 Å². The molecule has 7 nitrogen and oxygen atoms in total. The van der Waals surface area contributed by atoms with E-state index in [0.717, 1.165) is 18.3 Å². The largest absolute Gasteiger partial charge is 0.487 e. The minimum Gasteiger partial charge on any atom is -0.487 e. The lowest BCUT2D eigenvalue weighted by Gasteiger charge is -2.25. The summed E-state index contributed by atoms with van der Waals surface area (Å²) >= 11 is 12.3. The maximum absolute atomic E-state index is 14.1. The topological polar surface area (TPSA) is 93.7 Å². The third-order valence-corrected chi connectivity index (χ3v) is 9.26. The van der Waals surface area contributed by atoms with Crippen molar-refractivity contribution in [2.75, 3.05) is 6.61 Å². The fourth-order valence-electron chi connectivity index (χ4n) is 4.59. The molecular weight excluding hydrogens is 800 g/mol. The van der Waals surface area contributed by atoms with Crippen molar-refractivity contribution < 1.29 is 14.3 Å². The third-order valence-electron chi connectivity index (χ3n) is 6.51. The molecule has 0 amide bonds. The number of halogens is 3. The second-order valence-electron chi connectivity index (χ2n) is 9.23. The molecule has 212 valence electrons. The number of nitriles is 1. The highest BCUT2D eigenvalue weighted by Gasteiger charge is 2.34. The van der Waals surface area contributed by atoms with Gasteiger partial charge in [-0.15, -0.1) is 0 Å². The summed E-state index contributed by atoms with van der Waals surface area (Å²) in [5, 5.41) is 9.51. The van der Waals surface area contributed by atoms with Crippen LogP contribution in [0.15, 0.2) is 81.7 Å². The van der Waals surface area contributed by atoms with Gasteiger partial charge in [-0.05, 0) is 107 Å². The molecule has 42 heavy (non-hydrogen) atoms. The van der Waals surface area contributed by atoms with Gasteiger partial charge in [0.25, 0.3) is 5.56 Å². The van der Waals surface area contributed by atoms with Gasteiger partial charge < -0.3 is 9.47 Å². The maximum Gasteiger partial charge on any atom is 0.338 e. The molecule has 1 atom stereocenters. The molecule has 5 rings (SSSR count). The van der Waals surface area contributed by atoms with Gasteiger partial charge in [-0.2, -0.15) is 5.26 Å². The number of ether oxygens (including phenoxy) is 2. The molecule has 0 N–H and O–H groups in total. The molecule has 0 unspecified atom stereocenters. The zero-order chi connectivity index (χ0) is 30.0. The SMILES string of the molecule is CCOC(=O)C1=C(C)N=c2s/c(=C\c3cc(I)cc(I)c3OCc3ccc(C#N)cc3)c(=O)n2[C@H]1c1ccccc1Cl. The Labute approximate surface area is 278 Å². The average molecular weight is 822 g/mol. The zero-order valence-electron chi connectivity index (χ0n) is 22.4. The first-order chi connectivity index (χ1) is 20.2. The highest BCUT2D eigenvalue weighted by Crippen LogP contribution is 2.35. The third kappa shape index (κ3) is 6.20. The Bertz CT molecular complexity index is 1960. The first-order valence-corrected chi connectivity index (χ1v) is 16.1. The van der Waals surface area contributed by atoms with Gasteiger partial charge in [0.15, 0.2) is 4.80 Å². The number of rotatable bonds is 7. The first kappa shape index (κ1) is 30.5.